The normalized spacial score (nSPS) is 13.2. The number of hydrogen-bond acceptors (Lipinski definition) is 4. The summed E-state index contributed by atoms with van der Waals surface area (Å²) in [5, 5.41) is 0. The molecule has 2 heterocycles. The molecule has 0 saturated carbocycles. The SMILES string of the molecule is CSCCC(N)c1nc2cnccc2n1C. The summed E-state index contributed by atoms with van der Waals surface area (Å²) in [6, 6.07) is 1.97. The highest BCUT2D eigenvalue weighted by atomic mass is 32.2. The Morgan fingerprint density at radius 3 is 3.06 bits per heavy atom. The molecule has 2 rings (SSSR count). The first-order valence-corrected chi connectivity index (χ1v) is 6.64. The lowest BCUT2D eigenvalue weighted by Crippen LogP contribution is -2.16. The van der Waals surface area contributed by atoms with Crippen LogP contribution in [0.3, 0.4) is 0 Å². The molecule has 2 N–H and O–H groups in total. The summed E-state index contributed by atoms with van der Waals surface area (Å²) in [6.45, 7) is 0. The molecule has 0 aliphatic carbocycles. The second-order valence-corrected chi connectivity index (χ2v) is 4.77. The van der Waals surface area contributed by atoms with Crippen LogP contribution in [-0.2, 0) is 7.05 Å². The van der Waals surface area contributed by atoms with Crippen molar-refractivity contribution in [1.29, 1.82) is 0 Å². The third kappa shape index (κ3) is 2.05. The second kappa shape index (κ2) is 4.84. The highest BCUT2D eigenvalue weighted by molar-refractivity contribution is 7.98. The van der Waals surface area contributed by atoms with E-state index in [4.69, 9.17) is 5.73 Å². The minimum atomic E-state index is 0.00449. The summed E-state index contributed by atoms with van der Waals surface area (Å²) < 4.78 is 2.06. The van der Waals surface area contributed by atoms with E-state index < -0.39 is 0 Å². The van der Waals surface area contributed by atoms with Gasteiger partial charge in [0.15, 0.2) is 0 Å². The minimum absolute atomic E-state index is 0.00449. The number of nitrogens with zero attached hydrogens (tertiary/aromatic N) is 3. The summed E-state index contributed by atoms with van der Waals surface area (Å²) in [7, 11) is 2.00. The molecule has 4 nitrogen and oxygen atoms in total. The van der Waals surface area contributed by atoms with Crippen LogP contribution in [0.2, 0.25) is 0 Å². The lowest BCUT2D eigenvalue weighted by Gasteiger charge is -2.10. The molecule has 5 heteroatoms. The lowest BCUT2D eigenvalue weighted by molar-refractivity contribution is 0.628. The van der Waals surface area contributed by atoms with E-state index in [0.29, 0.717) is 0 Å². The maximum absolute atomic E-state index is 6.13. The fourth-order valence-electron chi connectivity index (χ4n) is 1.78. The van der Waals surface area contributed by atoms with Gasteiger partial charge in [0.05, 0.1) is 17.8 Å². The van der Waals surface area contributed by atoms with Gasteiger partial charge < -0.3 is 10.3 Å². The van der Waals surface area contributed by atoms with Gasteiger partial charge in [0.2, 0.25) is 0 Å². The fourth-order valence-corrected chi connectivity index (χ4v) is 2.27. The van der Waals surface area contributed by atoms with Crippen molar-refractivity contribution in [2.24, 2.45) is 12.8 Å². The van der Waals surface area contributed by atoms with Crippen LogP contribution in [0.5, 0.6) is 0 Å². The average Bonchev–Trinajstić information content (AvgIpc) is 2.64. The fraction of sp³-hybridized carbons (Fsp3) is 0.455. The highest BCUT2D eigenvalue weighted by Crippen LogP contribution is 2.20. The number of aromatic nitrogens is 3. The quantitative estimate of drug-likeness (QED) is 0.878. The van der Waals surface area contributed by atoms with Crippen LogP contribution in [0.25, 0.3) is 11.0 Å². The zero-order chi connectivity index (χ0) is 11.5. The second-order valence-electron chi connectivity index (χ2n) is 3.78. The van der Waals surface area contributed by atoms with Crippen LogP contribution in [0.1, 0.15) is 18.3 Å². The van der Waals surface area contributed by atoms with Crippen molar-refractivity contribution in [3.8, 4) is 0 Å². The van der Waals surface area contributed by atoms with Gasteiger partial charge in [-0.1, -0.05) is 0 Å². The minimum Gasteiger partial charge on any atom is -0.330 e. The van der Waals surface area contributed by atoms with E-state index in [1.165, 1.54) is 0 Å². The molecule has 2 aromatic rings. The molecular weight excluding hydrogens is 220 g/mol. The Morgan fingerprint density at radius 2 is 2.38 bits per heavy atom. The zero-order valence-corrected chi connectivity index (χ0v) is 10.4. The summed E-state index contributed by atoms with van der Waals surface area (Å²) >= 11 is 1.81. The zero-order valence-electron chi connectivity index (χ0n) is 9.55. The first kappa shape index (κ1) is 11.4. The van der Waals surface area contributed by atoms with Crippen LogP contribution in [0.15, 0.2) is 18.5 Å². The third-order valence-electron chi connectivity index (χ3n) is 2.68. The Kier molecular flexibility index (Phi) is 3.46. The molecule has 86 valence electrons. The van der Waals surface area contributed by atoms with E-state index in [1.54, 1.807) is 12.4 Å². The van der Waals surface area contributed by atoms with Gasteiger partial charge in [-0.05, 0) is 24.5 Å². The molecule has 0 amide bonds. The van der Waals surface area contributed by atoms with E-state index in [-0.39, 0.29) is 6.04 Å². The van der Waals surface area contributed by atoms with Crippen LogP contribution in [0, 0.1) is 0 Å². The monoisotopic (exact) mass is 236 g/mol. The first-order valence-electron chi connectivity index (χ1n) is 5.25. The van der Waals surface area contributed by atoms with Crippen molar-refractivity contribution in [3.05, 3.63) is 24.3 Å². The molecular formula is C11H16N4S. The molecule has 0 saturated heterocycles. The van der Waals surface area contributed by atoms with Gasteiger partial charge in [0.1, 0.15) is 11.3 Å². The standard InChI is InChI=1S/C11H16N4S/c1-15-10-3-5-13-7-9(10)14-11(15)8(12)4-6-16-2/h3,5,7-8H,4,6,12H2,1-2H3. The van der Waals surface area contributed by atoms with Gasteiger partial charge in [-0.25, -0.2) is 4.98 Å². The van der Waals surface area contributed by atoms with E-state index in [1.807, 2.05) is 24.9 Å². The summed E-state index contributed by atoms with van der Waals surface area (Å²) in [5.74, 6) is 2.00. The maximum atomic E-state index is 6.13. The van der Waals surface area contributed by atoms with Gasteiger partial charge in [0.25, 0.3) is 0 Å². The Balaban J connectivity index is 2.33. The Bertz CT molecular complexity index is 480. The molecule has 0 aromatic carbocycles. The van der Waals surface area contributed by atoms with Crippen molar-refractivity contribution in [2.75, 3.05) is 12.0 Å². The molecule has 1 unspecified atom stereocenters. The number of aryl methyl sites for hydroxylation is 1. The van der Waals surface area contributed by atoms with Crippen molar-refractivity contribution in [2.45, 2.75) is 12.5 Å². The average molecular weight is 236 g/mol. The molecule has 1 atom stereocenters. The van der Waals surface area contributed by atoms with E-state index in [2.05, 4.69) is 20.8 Å². The van der Waals surface area contributed by atoms with Gasteiger partial charge >= 0.3 is 0 Å². The Labute approximate surface area is 99.3 Å². The number of thioether (sulfide) groups is 1. The number of fused-ring (bicyclic) bond motifs is 1. The molecule has 2 aromatic heterocycles. The van der Waals surface area contributed by atoms with Crippen LogP contribution in [0.4, 0.5) is 0 Å². The van der Waals surface area contributed by atoms with Crippen molar-refractivity contribution in [1.82, 2.24) is 14.5 Å². The molecule has 0 radical (unpaired) electrons. The number of pyridine rings is 1. The largest absolute Gasteiger partial charge is 0.330 e. The molecule has 0 spiro atoms. The first-order chi connectivity index (χ1) is 7.74. The van der Waals surface area contributed by atoms with Crippen molar-refractivity contribution < 1.29 is 0 Å². The Hall–Kier alpha value is -1.07. The van der Waals surface area contributed by atoms with Gasteiger partial charge in [-0.15, -0.1) is 0 Å². The van der Waals surface area contributed by atoms with Crippen molar-refractivity contribution >= 4 is 22.8 Å². The summed E-state index contributed by atoms with van der Waals surface area (Å²) in [5.41, 5.74) is 8.13. The molecule has 0 aliphatic heterocycles. The summed E-state index contributed by atoms with van der Waals surface area (Å²) in [4.78, 5) is 8.60. The predicted octanol–water partition coefficient (Wildman–Crippen LogP) is 1.72. The molecule has 0 bridgehead atoms. The Morgan fingerprint density at radius 1 is 1.56 bits per heavy atom. The molecule has 0 aliphatic rings. The number of rotatable bonds is 4. The van der Waals surface area contributed by atoms with Crippen LogP contribution < -0.4 is 5.73 Å². The smallest absolute Gasteiger partial charge is 0.126 e. The molecule has 16 heavy (non-hydrogen) atoms. The van der Waals surface area contributed by atoms with E-state index in [9.17, 15) is 0 Å². The molecule has 0 fully saturated rings. The number of hydrogen-bond donors (Lipinski definition) is 1. The van der Waals surface area contributed by atoms with Crippen LogP contribution >= 0.6 is 11.8 Å². The van der Waals surface area contributed by atoms with Crippen LogP contribution in [-0.4, -0.2) is 26.5 Å². The lowest BCUT2D eigenvalue weighted by atomic mass is 10.2. The topological polar surface area (TPSA) is 56.7 Å². The van der Waals surface area contributed by atoms with Crippen molar-refractivity contribution in [3.63, 3.8) is 0 Å². The number of nitrogens with two attached hydrogens (primary N) is 1. The van der Waals surface area contributed by atoms with Gasteiger partial charge in [0, 0.05) is 13.2 Å². The maximum Gasteiger partial charge on any atom is 0.126 e. The highest BCUT2D eigenvalue weighted by Gasteiger charge is 2.14. The third-order valence-corrected chi connectivity index (χ3v) is 3.33. The van der Waals surface area contributed by atoms with E-state index in [0.717, 1.165) is 29.0 Å². The van der Waals surface area contributed by atoms with Gasteiger partial charge in [-0.2, -0.15) is 11.8 Å². The number of imidazole rings is 1. The van der Waals surface area contributed by atoms with Gasteiger partial charge in [-0.3, -0.25) is 4.98 Å². The summed E-state index contributed by atoms with van der Waals surface area (Å²) in [6.07, 6.45) is 6.60. The predicted molar refractivity (Wildman–Crippen MR) is 68.4 cm³/mol. The van der Waals surface area contributed by atoms with E-state index >= 15 is 0 Å².